The molecule has 0 heterocycles. The van der Waals surface area contributed by atoms with Gasteiger partial charge >= 0.3 is 0 Å². The number of hydrogen-bond acceptors (Lipinski definition) is 2. The van der Waals surface area contributed by atoms with Crippen molar-refractivity contribution in [2.75, 3.05) is 13.6 Å². The van der Waals surface area contributed by atoms with Crippen molar-refractivity contribution < 1.29 is 13.6 Å². The second-order valence-corrected chi connectivity index (χ2v) is 5.05. The summed E-state index contributed by atoms with van der Waals surface area (Å²) >= 11 is 0. The molecule has 0 saturated heterocycles. The minimum absolute atomic E-state index is 0. The SMILES string of the molecule is CNC(C)CNC(=O)C1CC1c1cc(F)ccc1F.Cl. The van der Waals surface area contributed by atoms with E-state index in [1.54, 1.807) is 0 Å². The van der Waals surface area contributed by atoms with E-state index >= 15 is 0 Å². The standard InChI is InChI=1S/C14H18F2N2O.ClH/c1-8(17-2)7-18-14(19)12-6-10(12)11-5-9(15)3-4-13(11)16;/h3-5,8,10,12,17H,6-7H2,1-2H3,(H,18,19);1H. The minimum Gasteiger partial charge on any atom is -0.354 e. The Balaban J connectivity index is 0.00000200. The van der Waals surface area contributed by atoms with Gasteiger partial charge in [0.2, 0.25) is 5.91 Å². The number of carbonyl (C=O) groups excluding carboxylic acids is 1. The van der Waals surface area contributed by atoms with E-state index in [4.69, 9.17) is 0 Å². The highest BCUT2D eigenvalue weighted by molar-refractivity contribution is 5.85. The van der Waals surface area contributed by atoms with E-state index in [1.807, 2.05) is 14.0 Å². The lowest BCUT2D eigenvalue weighted by Crippen LogP contribution is -2.38. The first kappa shape index (κ1) is 16.9. The molecule has 0 spiro atoms. The summed E-state index contributed by atoms with van der Waals surface area (Å²) in [7, 11) is 1.82. The maximum atomic E-state index is 13.6. The molecule has 6 heteroatoms. The van der Waals surface area contributed by atoms with Gasteiger partial charge in [0.05, 0.1) is 0 Å². The van der Waals surface area contributed by atoms with Gasteiger partial charge in [-0.25, -0.2) is 8.78 Å². The van der Waals surface area contributed by atoms with Crippen molar-refractivity contribution in [2.45, 2.75) is 25.3 Å². The van der Waals surface area contributed by atoms with Crippen LogP contribution in [0.25, 0.3) is 0 Å². The van der Waals surface area contributed by atoms with Crippen molar-refractivity contribution in [2.24, 2.45) is 5.92 Å². The maximum absolute atomic E-state index is 13.6. The number of amides is 1. The van der Waals surface area contributed by atoms with Crippen LogP contribution in [0, 0.1) is 17.6 Å². The van der Waals surface area contributed by atoms with Gasteiger partial charge in [0.1, 0.15) is 11.6 Å². The smallest absolute Gasteiger partial charge is 0.223 e. The van der Waals surface area contributed by atoms with E-state index in [0.717, 1.165) is 12.1 Å². The number of nitrogens with one attached hydrogen (secondary N) is 2. The summed E-state index contributed by atoms with van der Waals surface area (Å²) < 4.78 is 26.6. The summed E-state index contributed by atoms with van der Waals surface area (Å²) in [5.41, 5.74) is 0.307. The summed E-state index contributed by atoms with van der Waals surface area (Å²) in [5, 5.41) is 5.83. The summed E-state index contributed by atoms with van der Waals surface area (Å²) in [6, 6.07) is 3.57. The van der Waals surface area contributed by atoms with E-state index in [1.165, 1.54) is 6.07 Å². The largest absolute Gasteiger partial charge is 0.354 e. The molecular formula is C14H19ClF2N2O. The molecule has 1 saturated carbocycles. The van der Waals surface area contributed by atoms with Gasteiger partial charge in [-0.1, -0.05) is 0 Å². The molecule has 0 aliphatic heterocycles. The first-order valence-corrected chi connectivity index (χ1v) is 6.43. The Bertz CT molecular complexity index is 484. The average Bonchev–Trinajstić information content (AvgIpc) is 3.18. The van der Waals surface area contributed by atoms with Gasteiger partial charge in [0.25, 0.3) is 0 Å². The van der Waals surface area contributed by atoms with Crippen LogP contribution in [0.15, 0.2) is 18.2 Å². The number of benzene rings is 1. The average molecular weight is 305 g/mol. The monoisotopic (exact) mass is 304 g/mol. The lowest BCUT2D eigenvalue weighted by Gasteiger charge is -2.11. The summed E-state index contributed by atoms with van der Waals surface area (Å²) in [6.45, 7) is 2.49. The number of carbonyl (C=O) groups is 1. The van der Waals surface area contributed by atoms with Crippen LogP contribution in [0.1, 0.15) is 24.8 Å². The molecule has 2 rings (SSSR count). The molecular weight excluding hydrogens is 286 g/mol. The van der Waals surface area contributed by atoms with Gasteiger partial charge in [0.15, 0.2) is 0 Å². The molecule has 3 nitrogen and oxygen atoms in total. The van der Waals surface area contributed by atoms with E-state index in [-0.39, 0.29) is 36.2 Å². The van der Waals surface area contributed by atoms with Gasteiger partial charge < -0.3 is 10.6 Å². The van der Waals surface area contributed by atoms with Gasteiger partial charge in [-0.2, -0.15) is 0 Å². The van der Waals surface area contributed by atoms with Gasteiger partial charge in [-0.05, 0) is 50.1 Å². The fraction of sp³-hybridized carbons (Fsp3) is 0.500. The highest BCUT2D eigenvalue weighted by atomic mass is 35.5. The van der Waals surface area contributed by atoms with Crippen LogP contribution in [-0.2, 0) is 4.79 Å². The molecule has 112 valence electrons. The highest BCUT2D eigenvalue weighted by Crippen LogP contribution is 2.48. The summed E-state index contributed by atoms with van der Waals surface area (Å²) in [5.74, 6) is -1.42. The number of hydrogen-bond donors (Lipinski definition) is 2. The lowest BCUT2D eigenvalue weighted by molar-refractivity contribution is -0.122. The Morgan fingerprint density at radius 1 is 1.45 bits per heavy atom. The van der Waals surface area contributed by atoms with Crippen molar-refractivity contribution in [1.29, 1.82) is 0 Å². The number of halogens is 3. The van der Waals surface area contributed by atoms with Crippen molar-refractivity contribution in [3.05, 3.63) is 35.4 Å². The Hall–Kier alpha value is -1.20. The summed E-state index contributed by atoms with van der Waals surface area (Å²) in [6.07, 6.45) is 0.583. The zero-order valence-corrected chi connectivity index (χ0v) is 12.3. The molecule has 20 heavy (non-hydrogen) atoms. The molecule has 1 aliphatic carbocycles. The van der Waals surface area contributed by atoms with Gasteiger partial charge in [-0.15, -0.1) is 12.4 Å². The fourth-order valence-electron chi connectivity index (χ4n) is 2.11. The fourth-order valence-corrected chi connectivity index (χ4v) is 2.11. The molecule has 1 aliphatic rings. The molecule has 1 aromatic rings. The van der Waals surface area contributed by atoms with Crippen molar-refractivity contribution in [1.82, 2.24) is 10.6 Å². The molecule has 1 fully saturated rings. The molecule has 0 bridgehead atoms. The second kappa shape index (κ2) is 6.99. The predicted molar refractivity (Wildman–Crippen MR) is 76.0 cm³/mol. The number of rotatable bonds is 5. The van der Waals surface area contributed by atoms with E-state index in [0.29, 0.717) is 18.5 Å². The highest BCUT2D eigenvalue weighted by Gasteiger charge is 2.45. The van der Waals surface area contributed by atoms with E-state index in [9.17, 15) is 13.6 Å². The van der Waals surface area contributed by atoms with Crippen LogP contribution in [0.2, 0.25) is 0 Å². The quantitative estimate of drug-likeness (QED) is 0.876. The zero-order chi connectivity index (χ0) is 14.0. The second-order valence-electron chi connectivity index (χ2n) is 5.05. The van der Waals surface area contributed by atoms with E-state index in [2.05, 4.69) is 10.6 Å². The maximum Gasteiger partial charge on any atom is 0.223 e. The van der Waals surface area contributed by atoms with Crippen molar-refractivity contribution in [3.8, 4) is 0 Å². The summed E-state index contributed by atoms with van der Waals surface area (Å²) in [4.78, 5) is 11.9. The van der Waals surface area contributed by atoms with Crippen LogP contribution in [0.5, 0.6) is 0 Å². The van der Waals surface area contributed by atoms with Crippen LogP contribution < -0.4 is 10.6 Å². The zero-order valence-electron chi connectivity index (χ0n) is 11.5. The van der Waals surface area contributed by atoms with Crippen LogP contribution in [-0.4, -0.2) is 25.5 Å². The first-order valence-electron chi connectivity index (χ1n) is 6.43. The molecule has 0 radical (unpaired) electrons. The van der Waals surface area contributed by atoms with Crippen LogP contribution in [0.3, 0.4) is 0 Å². The molecule has 1 aromatic carbocycles. The third-order valence-corrected chi connectivity index (χ3v) is 3.56. The topological polar surface area (TPSA) is 41.1 Å². The molecule has 3 unspecified atom stereocenters. The van der Waals surface area contributed by atoms with E-state index < -0.39 is 11.6 Å². The predicted octanol–water partition coefficient (Wildman–Crippen LogP) is 2.21. The van der Waals surface area contributed by atoms with Gasteiger partial charge in [-0.3, -0.25) is 4.79 Å². The Morgan fingerprint density at radius 2 is 2.15 bits per heavy atom. The minimum atomic E-state index is -0.466. The third kappa shape index (κ3) is 3.90. The van der Waals surface area contributed by atoms with Gasteiger partial charge in [0, 0.05) is 18.5 Å². The number of likely N-dealkylation sites (N-methyl/N-ethyl adjacent to an activating group) is 1. The Morgan fingerprint density at radius 3 is 2.80 bits per heavy atom. The molecule has 2 N–H and O–H groups in total. The van der Waals surface area contributed by atoms with Crippen LogP contribution in [0.4, 0.5) is 8.78 Å². The lowest BCUT2D eigenvalue weighted by atomic mass is 10.1. The molecule has 1 amide bonds. The molecule has 3 atom stereocenters. The molecule has 0 aromatic heterocycles. The van der Waals surface area contributed by atoms with Crippen LogP contribution >= 0.6 is 12.4 Å². The van der Waals surface area contributed by atoms with Crippen molar-refractivity contribution in [3.63, 3.8) is 0 Å². The third-order valence-electron chi connectivity index (χ3n) is 3.56. The normalized spacial score (nSPS) is 21.8. The first-order chi connectivity index (χ1) is 9.02. The Labute approximate surface area is 123 Å². The van der Waals surface area contributed by atoms with Crippen molar-refractivity contribution >= 4 is 18.3 Å². The Kier molecular flexibility index (Phi) is 5.89.